The molecular weight excluding hydrogens is 334 g/mol. The van der Waals surface area contributed by atoms with Crippen LogP contribution in [0.15, 0.2) is 30.3 Å². The zero-order valence-electron chi connectivity index (χ0n) is 7.88. The Hall–Kier alpha value is -0.0900. The van der Waals surface area contributed by atoms with E-state index < -0.39 is 5.82 Å². The van der Waals surface area contributed by atoms with Gasteiger partial charge in [0.15, 0.2) is 0 Å². The van der Waals surface area contributed by atoms with E-state index in [1.807, 2.05) is 12.1 Å². The van der Waals surface area contributed by atoms with E-state index in [9.17, 15) is 4.39 Å². The minimum absolute atomic E-state index is 0.0110. The second-order valence-corrected chi connectivity index (χ2v) is 6.25. The summed E-state index contributed by atoms with van der Waals surface area (Å²) in [6, 6.07) is 8.45. The van der Waals surface area contributed by atoms with Crippen molar-refractivity contribution < 1.29 is 4.39 Å². The van der Waals surface area contributed by atoms with Gasteiger partial charge >= 0.3 is 0 Å². The number of alkyl halides is 1. The molecule has 1 aromatic heterocycles. The fourth-order valence-corrected chi connectivity index (χ4v) is 3.27. The van der Waals surface area contributed by atoms with E-state index in [0.29, 0.717) is 0 Å². The molecule has 0 saturated carbocycles. The molecule has 1 unspecified atom stereocenters. The summed E-state index contributed by atoms with van der Waals surface area (Å²) < 4.78 is 13.7. The Kier molecular flexibility index (Phi) is 3.90. The van der Waals surface area contributed by atoms with Crippen LogP contribution in [-0.2, 0) is 0 Å². The Balaban J connectivity index is 2.33. The maximum Gasteiger partial charge on any atom is 0.141 e. The van der Waals surface area contributed by atoms with Crippen LogP contribution in [0.3, 0.4) is 0 Å². The van der Waals surface area contributed by atoms with E-state index in [2.05, 4.69) is 15.9 Å². The van der Waals surface area contributed by atoms with Gasteiger partial charge in [-0.1, -0.05) is 45.2 Å². The molecule has 0 spiro atoms. The third-order valence-electron chi connectivity index (χ3n) is 2.08. The van der Waals surface area contributed by atoms with Crippen LogP contribution in [0.2, 0.25) is 9.36 Å². The van der Waals surface area contributed by atoms with E-state index in [1.54, 1.807) is 12.1 Å². The Morgan fingerprint density at radius 1 is 1.19 bits per heavy atom. The normalized spacial score (nSPS) is 12.8. The molecule has 16 heavy (non-hydrogen) atoms. The topological polar surface area (TPSA) is 0 Å². The lowest BCUT2D eigenvalue weighted by Gasteiger charge is -2.08. The van der Waals surface area contributed by atoms with Gasteiger partial charge < -0.3 is 0 Å². The molecule has 0 aliphatic rings. The predicted molar refractivity (Wildman–Crippen MR) is 71.5 cm³/mol. The highest BCUT2D eigenvalue weighted by molar-refractivity contribution is 9.09. The average molecular weight is 340 g/mol. The van der Waals surface area contributed by atoms with Crippen LogP contribution in [0.5, 0.6) is 0 Å². The number of thiophene rings is 1. The number of hydrogen-bond acceptors (Lipinski definition) is 1. The second-order valence-electron chi connectivity index (χ2n) is 3.18. The van der Waals surface area contributed by atoms with Gasteiger partial charge in [-0.2, -0.15) is 0 Å². The van der Waals surface area contributed by atoms with Gasteiger partial charge in [-0.05, 0) is 29.8 Å². The van der Waals surface area contributed by atoms with Crippen LogP contribution in [0.1, 0.15) is 15.3 Å². The van der Waals surface area contributed by atoms with Gasteiger partial charge in [0.1, 0.15) is 5.82 Å². The molecule has 0 radical (unpaired) electrons. The lowest BCUT2D eigenvalue weighted by Crippen LogP contribution is -1.90. The highest BCUT2D eigenvalue weighted by Crippen LogP contribution is 2.37. The molecule has 0 N–H and O–H groups in total. The molecule has 0 bridgehead atoms. The van der Waals surface area contributed by atoms with Crippen molar-refractivity contribution in [1.29, 1.82) is 0 Å². The van der Waals surface area contributed by atoms with E-state index in [-0.39, 0.29) is 9.85 Å². The summed E-state index contributed by atoms with van der Waals surface area (Å²) in [4.78, 5) is 1.05. The van der Waals surface area contributed by atoms with Crippen LogP contribution in [0, 0.1) is 5.82 Å². The summed E-state index contributed by atoms with van der Waals surface area (Å²) in [5, 5.41) is 0.129. The minimum Gasteiger partial charge on any atom is -0.205 e. The van der Waals surface area contributed by atoms with Crippen LogP contribution >= 0.6 is 50.5 Å². The molecule has 1 aromatic carbocycles. The summed E-state index contributed by atoms with van der Waals surface area (Å²) >= 11 is 16.6. The molecule has 0 amide bonds. The van der Waals surface area contributed by atoms with E-state index in [1.165, 1.54) is 17.4 Å². The largest absolute Gasteiger partial charge is 0.205 e. The Bertz CT molecular complexity index is 512. The van der Waals surface area contributed by atoms with Crippen molar-refractivity contribution in [2.24, 2.45) is 0 Å². The quantitative estimate of drug-likeness (QED) is 0.617. The summed E-state index contributed by atoms with van der Waals surface area (Å²) in [7, 11) is 0. The predicted octanol–water partition coefficient (Wildman–Crippen LogP) is 5.68. The van der Waals surface area contributed by atoms with Crippen LogP contribution in [0.25, 0.3) is 0 Å². The van der Waals surface area contributed by atoms with Crippen LogP contribution < -0.4 is 0 Å². The Morgan fingerprint density at radius 3 is 2.50 bits per heavy atom. The second kappa shape index (κ2) is 5.05. The number of rotatable bonds is 2. The molecule has 0 aliphatic heterocycles. The zero-order valence-corrected chi connectivity index (χ0v) is 11.8. The van der Waals surface area contributed by atoms with Crippen molar-refractivity contribution in [3.8, 4) is 0 Å². The monoisotopic (exact) mass is 338 g/mol. The fraction of sp³-hybridized carbons (Fsp3) is 0.0909. The highest BCUT2D eigenvalue weighted by atomic mass is 79.9. The van der Waals surface area contributed by atoms with E-state index in [4.69, 9.17) is 23.2 Å². The molecule has 5 heteroatoms. The van der Waals surface area contributed by atoms with Crippen molar-refractivity contribution in [1.82, 2.24) is 0 Å². The van der Waals surface area contributed by atoms with Crippen molar-refractivity contribution >= 4 is 50.5 Å². The Labute approximate surface area is 115 Å². The summed E-state index contributed by atoms with van der Waals surface area (Å²) in [5.74, 6) is -0.408. The van der Waals surface area contributed by atoms with Gasteiger partial charge in [-0.15, -0.1) is 11.3 Å². The third kappa shape index (κ3) is 2.59. The van der Waals surface area contributed by atoms with Crippen LogP contribution in [-0.4, -0.2) is 0 Å². The van der Waals surface area contributed by atoms with Gasteiger partial charge in [0.05, 0.1) is 14.2 Å². The van der Waals surface area contributed by atoms with Gasteiger partial charge in [0.2, 0.25) is 0 Å². The number of hydrogen-bond donors (Lipinski definition) is 0. The lowest BCUT2D eigenvalue weighted by atomic mass is 10.1. The van der Waals surface area contributed by atoms with Gasteiger partial charge in [0.25, 0.3) is 0 Å². The van der Waals surface area contributed by atoms with Crippen molar-refractivity contribution in [2.75, 3.05) is 0 Å². The van der Waals surface area contributed by atoms with Gasteiger partial charge in [0, 0.05) is 4.88 Å². The highest BCUT2D eigenvalue weighted by Gasteiger charge is 2.14. The summed E-state index contributed by atoms with van der Waals surface area (Å²) in [6.07, 6.45) is 0. The van der Waals surface area contributed by atoms with Crippen molar-refractivity contribution in [3.63, 3.8) is 0 Å². The zero-order chi connectivity index (χ0) is 11.7. The molecule has 0 aliphatic carbocycles. The Morgan fingerprint density at radius 2 is 1.94 bits per heavy atom. The fourth-order valence-electron chi connectivity index (χ4n) is 1.30. The van der Waals surface area contributed by atoms with Crippen molar-refractivity contribution in [3.05, 3.63) is 55.9 Å². The standard InChI is InChI=1S/C11H6BrCl2FS/c12-11(9-3-4-10(14)16-9)6-1-2-8(15)7(13)5-6/h1-5,11H. The van der Waals surface area contributed by atoms with Crippen molar-refractivity contribution in [2.45, 2.75) is 4.83 Å². The molecular formula is C11H6BrCl2FS. The van der Waals surface area contributed by atoms with E-state index >= 15 is 0 Å². The molecule has 84 valence electrons. The maximum atomic E-state index is 13.0. The average Bonchev–Trinajstić information content (AvgIpc) is 2.68. The molecule has 0 saturated heterocycles. The van der Waals surface area contributed by atoms with Gasteiger partial charge in [-0.3, -0.25) is 0 Å². The lowest BCUT2D eigenvalue weighted by molar-refractivity contribution is 0.627. The summed E-state index contributed by atoms with van der Waals surface area (Å²) in [5.41, 5.74) is 0.907. The number of halogens is 4. The van der Waals surface area contributed by atoms with E-state index in [0.717, 1.165) is 14.8 Å². The molecule has 1 atom stereocenters. The molecule has 0 nitrogen and oxygen atoms in total. The minimum atomic E-state index is -0.408. The molecule has 0 fully saturated rings. The SMILES string of the molecule is Fc1ccc(C(Br)c2ccc(Cl)s2)cc1Cl. The molecule has 2 aromatic rings. The van der Waals surface area contributed by atoms with Gasteiger partial charge in [-0.25, -0.2) is 4.39 Å². The number of benzene rings is 1. The first-order chi connectivity index (χ1) is 7.58. The first-order valence-corrected chi connectivity index (χ1v) is 6.91. The smallest absolute Gasteiger partial charge is 0.141 e. The maximum absolute atomic E-state index is 13.0. The molecule has 2 rings (SSSR count). The first kappa shape index (κ1) is 12.4. The van der Waals surface area contributed by atoms with Crippen LogP contribution in [0.4, 0.5) is 4.39 Å². The first-order valence-electron chi connectivity index (χ1n) is 4.42. The summed E-state index contributed by atoms with van der Waals surface area (Å²) in [6.45, 7) is 0. The third-order valence-corrected chi connectivity index (χ3v) is 4.99. The molecule has 1 heterocycles.